The Kier molecular flexibility index (Phi) is 3.75. The summed E-state index contributed by atoms with van der Waals surface area (Å²) in [4.78, 5) is 5.37. The van der Waals surface area contributed by atoms with Gasteiger partial charge in [0.2, 0.25) is 0 Å². The Bertz CT molecular complexity index is 597. The highest BCUT2D eigenvalue weighted by Gasteiger charge is 2.33. The van der Waals surface area contributed by atoms with E-state index in [1.807, 2.05) is 30.3 Å². The number of thiazole rings is 1. The number of benzene rings is 1. The van der Waals surface area contributed by atoms with E-state index in [0.29, 0.717) is 16.5 Å². The van der Waals surface area contributed by atoms with Crippen molar-refractivity contribution in [2.75, 3.05) is 23.3 Å². The van der Waals surface area contributed by atoms with Gasteiger partial charge < -0.3 is 10.2 Å². The average molecular weight is 313 g/mol. The second-order valence-electron chi connectivity index (χ2n) is 4.94. The average Bonchev–Trinajstić information content (AvgIpc) is 3.09. The molecule has 0 spiro atoms. The topological polar surface area (TPSA) is 28.2 Å². The summed E-state index contributed by atoms with van der Waals surface area (Å²) in [5.74, 6) is 0. The van der Waals surface area contributed by atoms with Gasteiger partial charge in [0.05, 0.1) is 6.20 Å². The molecule has 3 rings (SSSR count). The smallest absolute Gasteiger partial charge is 0.369 e. The van der Waals surface area contributed by atoms with Gasteiger partial charge in [-0.3, -0.25) is 0 Å². The Morgan fingerprint density at radius 2 is 2.00 bits per heavy atom. The van der Waals surface area contributed by atoms with Crippen LogP contribution in [0.2, 0.25) is 0 Å². The van der Waals surface area contributed by atoms with E-state index in [0.717, 1.165) is 31.4 Å². The molecule has 7 heteroatoms. The van der Waals surface area contributed by atoms with Crippen molar-refractivity contribution in [3.8, 4) is 0 Å². The molecule has 1 saturated heterocycles. The number of alkyl halides is 3. The number of nitrogens with zero attached hydrogens (tertiary/aromatic N) is 2. The van der Waals surface area contributed by atoms with Crippen molar-refractivity contribution in [1.82, 2.24) is 4.98 Å². The molecule has 21 heavy (non-hydrogen) atoms. The van der Waals surface area contributed by atoms with Gasteiger partial charge >= 0.3 is 6.18 Å². The second kappa shape index (κ2) is 5.55. The first kappa shape index (κ1) is 14.2. The molecule has 1 unspecified atom stereocenters. The van der Waals surface area contributed by atoms with Crippen molar-refractivity contribution in [2.45, 2.75) is 18.6 Å². The van der Waals surface area contributed by atoms with E-state index in [1.54, 1.807) is 0 Å². The van der Waals surface area contributed by atoms with Gasteiger partial charge in [-0.05, 0) is 18.6 Å². The molecule has 1 aliphatic rings. The van der Waals surface area contributed by atoms with Crippen LogP contribution in [0.5, 0.6) is 0 Å². The quantitative estimate of drug-likeness (QED) is 0.933. The fourth-order valence-corrected chi connectivity index (χ4v) is 3.16. The predicted octanol–water partition coefficient (Wildman–Crippen LogP) is 3.85. The molecule has 1 aliphatic heterocycles. The molecule has 2 aromatic rings. The van der Waals surface area contributed by atoms with Crippen LogP contribution in [-0.2, 0) is 6.18 Å². The number of para-hydroxylation sites is 1. The van der Waals surface area contributed by atoms with Gasteiger partial charge in [0.1, 0.15) is 4.88 Å². The summed E-state index contributed by atoms with van der Waals surface area (Å²) in [5.41, 5.74) is 1.14. The highest BCUT2D eigenvalue weighted by atomic mass is 32.1. The zero-order chi connectivity index (χ0) is 14.9. The monoisotopic (exact) mass is 313 g/mol. The molecule has 2 heterocycles. The zero-order valence-electron chi connectivity index (χ0n) is 11.1. The largest absolute Gasteiger partial charge is 0.427 e. The van der Waals surface area contributed by atoms with Crippen molar-refractivity contribution in [3.05, 3.63) is 41.4 Å². The van der Waals surface area contributed by atoms with E-state index in [9.17, 15) is 13.2 Å². The number of halogens is 3. The summed E-state index contributed by atoms with van der Waals surface area (Å²) in [6.07, 6.45) is -2.55. The Hall–Kier alpha value is -1.76. The number of hydrogen-bond acceptors (Lipinski definition) is 4. The highest BCUT2D eigenvalue weighted by Crippen LogP contribution is 2.35. The van der Waals surface area contributed by atoms with Crippen molar-refractivity contribution >= 4 is 22.2 Å². The molecular formula is C14H14F3N3S. The molecule has 0 amide bonds. The van der Waals surface area contributed by atoms with Gasteiger partial charge in [0.15, 0.2) is 5.13 Å². The predicted molar refractivity (Wildman–Crippen MR) is 77.8 cm³/mol. The van der Waals surface area contributed by atoms with Crippen LogP contribution in [0.1, 0.15) is 11.3 Å². The molecule has 0 radical (unpaired) electrons. The van der Waals surface area contributed by atoms with Gasteiger partial charge in [-0.2, -0.15) is 13.2 Å². The van der Waals surface area contributed by atoms with Crippen molar-refractivity contribution in [2.24, 2.45) is 0 Å². The molecule has 0 aliphatic carbocycles. The van der Waals surface area contributed by atoms with Crippen molar-refractivity contribution in [1.29, 1.82) is 0 Å². The van der Waals surface area contributed by atoms with E-state index in [1.165, 1.54) is 0 Å². The van der Waals surface area contributed by atoms with E-state index < -0.39 is 11.1 Å². The van der Waals surface area contributed by atoms with Gasteiger partial charge in [-0.15, -0.1) is 0 Å². The molecule has 1 aromatic heterocycles. The van der Waals surface area contributed by atoms with E-state index >= 15 is 0 Å². The lowest BCUT2D eigenvalue weighted by atomic mass is 10.3. The summed E-state index contributed by atoms with van der Waals surface area (Å²) in [5, 5.41) is 3.43. The number of aromatic nitrogens is 1. The maximum Gasteiger partial charge on any atom is 0.427 e. The molecule has 1 aromatic carbocycles. The van der Waals surface area contributed by atoms with Gasteiger partial charge in [0, 0.05) is 24.8 Å². The summed E-state index contributed by atoms with van der Waals surface area (Å²) in [6, 6.07) is 10.1. The summed E-state index contributed by atoms with van der Waals surface area (Å²) in [7, 11) is 0. The first-order valence-electron chi connectivity index (χ1n) is 6.62. The fourth-order valence-electron chi connectivity index (χ4n) is 2.40. The standard InChI is InChI=1S/C14H14F3N3S/c15-14(16,17)12-8-18-13(21-12)19-10-6-7-20(9-10)11-4-2-1-3-5-11/h1-5,8,10H,6-7,9H2,(H,18,19). The highest BCUT2D eigenvalue weighted by molar-refractivity contribution is 7.15. The molecular weight excluding hydrogens is 299 g/mol. The molecule has 112 valence electrons. The molecule has 0 bridgehead atoms. The Balaban J connectivity index is 1.61. The summed E-state index contributed by atoms with van der Waals surface area (Å²) >= 11 is 0.658. The maximum atomic E-state index is 12.5. The van der Waals surface area contributed by atoms with Crippen LogP contribution in [-0.4, -0.2) is 24.1 Å². The first-order valence-corrected chi connectivity index (χ1v) is 7.43. The van der Waals surface area contributed by atoms with Crippen LogP contribution in [0.25, 0.3) is 0 Å². The maximum absolute atomic E-state index is 12.5. The number of anilines is 2. The van der Waals surface area contributed by atoms with E-state index in [-0.39, 0.29) is 6.04 Å². The third-order valence-corrected chi connectivity index (χ3v) is 4.40. The number of rotatable bonds is 3. The van der Waals surface area contributed by atoms with Crippen LogP contribution in [0, 0.1) is 0 Å². The van der Waals surface area contributed by atoms with Crippen molar-refractivity contribution in [3.63, 3.8) is 0 Å². The van der Waals surface area contributed by atoms with E-state index in [2.05, 4.69) is 15.2 Å². The minimum Gasteiger partial charge on any atom is -0.369 e. The minimum absolute atomic E-state index is 0.123. The van der Waals surface area contributed by atoms with Crippen molar-refractivity contribution < 1.29 is 13.2 Å². The molecule has 1 fully saturated rings. The lowest BCUT2D eigenvalue weighted by molar-refractivity contribution is -0.134. The molecule has 0 saturated carbocycles. The third-order valence-electron chi connectivity index (χ3n) is 3.42. The summed E-state index contributed by atoms with van der Waals surface area (Å²) < 4.78 is 37.6. The van der Waals surface area contributed by atoms with Crippen LogP contribution in [0.15, 0.2) is 36.5 Å². The Labute approximate surface area is 124 Å². The Morgan fingerprint density at radius 3 is 2.67 bits per heavy atom. The summed E-state index contributed by atoms with van der Waals surface area (Å²) in [6.45, 7) is 1.66. The zero-order valence-corrected chi connectivity index (χ0v) is 11.9. The first-order chi connectivity index (χ1) is 10.0. The molecule has 1 atom stereocenters. The number of nitrogens with one attached hydrogen (secondary N) is 1. The molecule has 3 nitrogen and oxygen atoms in total. The second-order valence-corrected chi connectivity index (χ2v) is 5.97. The van der Waals surface area contributed by atoms with Crippen LogP contribution < -0.4 is 10.2 Å². The SMILES string of the molecule is FC(F)(F)c1cnc(NC2CCN(c3ccccc3)C2)s1. The lowest BCUT2D eigenvalue weighted by Crippen LogP contribution is -2.25. The molecule has 1 N–H and O–H groups in total. The van der Waals surface area contributed by atoms with Gasteiger partial charge in [-0.1, -0.05) is 29.5 Å². The number of hydrogen-bond donors (Lipinski definition) is 1. The minimum atomic E-state index is -4.32. The lowest BCUT2D eigenvalue weighted by Gasteiger charge is -2.18. The van der Waals surface area contributed by atoms with Crippen LogP contribution in [0.3, 0.4) is 0 Å². The Morgan fingerprint density at radius 1 is 1.24 bits per heavy atom. The van der Waals surface area contributed by atoms with Gasteiger partial charge in [-0.25, -0.2) is 4.98 Å². The van der Waals surface area contributed by atoms with Crippen LogP contribution in [0.4, 0.5) is 24.0 Å². The van der Waals surface area contributed by atoms with E-state index in [4.69, 9.17) is 0 Å². The fraction of sp³-hybridized carbons (Fsp3) is 0.357. The normalized spacial score (nSPS) is 19.0. The third kappa shape index (κ3) is 3.29. The van der Waals surface area contributed by atoms with Gasteiger partial charge in [0.25, 0.3) is 0 Å². The van der Waals surface area contributed by atoms with Crippen LogP contribution >= 0.6 is 11.3 Å².